The molecule has 0 unspecified atom stereocenters. The summed E-state index contributed by atoms with van der Waals surface area (Å²) in [5, 5.41) is 7.73. The maximum Gasteiger partial charge on any atom is 0.240 e. The lowest BCUT2D eigenvalue weighted by Crippen LogP contribution is -2.12. The van der Waals surface area contributed by atoms with Crippen LogP contribution in [-0.2, 0) is 13.1 Å². The number of hydrogen-bond acceptors (Lipinski definition) is 4. The Hall–Kier alpha value is -1.39. The molecule has 0 saturated heterocycles. The molecule has 1 aromatic heterocycles. The first-order valence-electron chi connectivity index (χ1n) is 5.40. The minimum atomic E-state index is 0.562. The lowest BCUT2D eigenvalue weighted by atomic mass is 10.1. The molecule has 0 aliphatic carbocycles. The van der Waals surface area contributed by atoms with E-state index in [1.165, 1.54) is 0 Å². The smallest absolute Gasteiger partial charge is 0.240 e. The van der Waals surface area contributed by atoms with Crippen molar-refractivity contribution in [2.45, 2.75) is 26.9 Å². The molecule has 1 heterocycles. The van der Waals surface area contributed by atoms with Crippen molar-refractivity contribution in [3.05, 3.63) is 46.1 Å². The monoisotopic (exact) mass is 251 g/mol. The normalized spacial score (nSPS) is 10.8. The summed E-state index contributed by atoms with van der Waals surface area (Å²) in [4.78, 5) is 4.11. The van der Waals surface area contributed by atoms with E-state index in [0.29, 0.717) is 18.3 Å². The van der Waals surface area contributed by atoms with Gasteiger partial charge in [0.25, 0.3) is 0 Å². The lowest BCUT2D eigenvalue weighted by molar-refractivity contribution is 0.364. The average Bonchev–Trinajstić information content (AvgIpc) is 2.70. The molecular formula is C12H14ClN3O. The molecule has 0 aliphatic heterocycles. The highest BCUT2D eigenvalue weighted by Crippen LogP contribution is 2.16. The van der Waals surface area contributed by atoms with Crippen molar-refractivity contribution in [3.63, 3.8) is 0 Å². The molecule has 0 fully saturated rings. The SMILES string of the molecule is Cc1noc(CNCc2ccc(C)c(Cl)c2)n1. The molecular weight excluding hydrogens is 238 g/mol. The largest absolute Gasteiger partial charge is 0.338 e. The number of nitrogens with zero attached hydrogens (tertiary/aromatic N) is 2. The second-order valence-corrected chi connectivity index (χ2v) is 4.33. The van der Waals surface area contributed by atoms with Gasteiger partial charge >= 0.3 is 0 Å². The van der Waals surface area contributed by atoms with Crippen LogP contribution in [0.5, 0.6) is 0 Å². The van der Waals surface area contributed by atoms with E-state index in [-0.39, 0.29) is 0 Å². The van der Waals surface area contributed by atoms with Gasteiger partial charge in [-0.2, -0.15) is 4.98 Å². The number of aryl methyl sites for hydroxylation is 2. The molecule has 0 amide bonds. The topological polar surface area (TPSA) is 51.0 Å². The van der Waals surface area contributed by atoms with Gasteiger partial charge in [-0.15, -0.1) is 0 Å². The van der Waals surface area contributed by atoms with Gasteiger partial charge in [0.05, 0.1) is 6.54 Å². The number of hydrogen-bond donors (Lipinski definition) is 1. The van der Waals surface area contributed by atoms with Crippen molar-refractivity contribution in [3.8, 4) is 0 Å². The van der Waals surface area contributed by atoms with Gasteiger partial charge < -0.3 is 9.84 Å². The van der Waals surface area contributed by atoms with E-state index in [2.05, 4.69) is 15.5 Å². The minimum Gasteiger partial charge on any atom is -0.338 e. The first kappa shape index (κ1) is 12.1. The van der Waals surface area contributed by atoms with Crippen LogP contribution in [0.3, 0.4) is 0 Å². The van der Waals surface area contributed by atoms with Crippen LogP contribution in [0, 0.1) is 13.8 Å². The van der Waals surface area contributed by atoms with Crippen LogP contribution in [0.4, 0.5) is 0 Å². The van der Waals surface area contributed by atoms with Crippen LogP contribution in [-0.4, -0.2) is 10.1 Å². The number of nitrogens with one attached hydrogen (secondary N) is 1. The fourth-order valence-electron chi connectivity index (χ4n) is 1.47. The molecule has 0 bridgehead atoms. The predicted octanol–water partition coefficient (Wildman–Crippen LogP) is 2.63. The zero-order chi connectivity index (χ0) is 12.3. The highest BCUT2D eigenvalue weighted by atomic mass is 35.5. The Morgan fingerprint density at radius 2 is 2.12 bits per heavy atom. The van der Waals surface area contributed by atoms with Gasteiger partial charge in [0, 0.05) is 11.6 Å². The number of rotatable bonds is 4. The minimum absolute atomic E-state index is 0.562. The van der Waals surface area contributed by atoms with Crippen molar-refractivity contribution in [1.82, 2.24) is 15.5 Å². The van der Waals surface area contributed by atoms with E-state index in [9.17, 15) is 0 Å². The predicted molar refractivity (Wildman–Crippen MR) is 65.8 cm³/mol. The lowest BCUT2D eigenvalue weighted by Gasteiger charge is -2.04. The maximum absolute atomic E-state index is 6.04. The summed E-state index contributed by atoms with van der Waals surface area (Å²) in [6.07, 6.45) is 0. The summed E-state index contributed by atoms with van der Waals surface area (Å²) in [7, 11) is 0. The molecule has 0 radical (unpaired) electrons. The third-order valence-electron chi connectivity index (χ3n) is 2.41. The van der Waals surface area contributed by atoms with Gasteiger partial charge in [-0.1, -0.05) is 28.9 Å². The van der Waals surface area contributed by atoms with Crippen LogP contribution < -0.4 is 5.32 Å². The van der Waals surface area contributed by atoms with Crippen LogP contribution in [0.2, 0.25) is 5.02 Å². The molecule has 1 aromatic carbocycles. The first-order valence-corrected chi connectivity index (χ1v) is 5.78. The average molecular weight is 252 g/mol. The Bertz CT molecular complexity index is 510. The molecule has 17 heavy (non-hydrogen) atoms. The van der Waals surface area contributed by atoms with Crippen LogP contribution in [0.1, 0.15) is 22.8 Å². The van der Waals surface area contributed by atoms with Gasteiger partial charge in [0.1, 0.15) is 0 Å². The first-order chi connectivity index (χ1) is 8.15. The molecule has 0 aliphatic rings. The van der Waals surface area contributed by atoms with E-state index in [1.54, 1.807) is 6.92 Å². The number of halogens is 1. The molecule has 1 N–H and O–H groups in total. The highest BCUT2D eigenvalue weighted by Gasteiger charge is 2.02. The zero-order valence-corrected chi connectivity index (χ0v) is 10.6. The molecule has 2 rings (SSSR count). The fourth-order valence-corrected chi connectivity index (χ4v) is 1.68. The Kier molecular flexibility index (Phi) is 3.76. The van der Waals surface area contributed by atoms with E-state index in [0.717, 1.165) is 22.7 Å². The molecule has 0 spiro atoms. The number of aromatic nitrogens is 2. The highest BCUT2D eigenvalue weighted by molar-refractivity contribution is 6.31. The van der Waals surface area contributed by atoms with Gasteiger partial charge in [-0.05, 0) is 31.0 Å². The van der Waals surface area contributed by atoms with Crippen molar-refractivity contribution in [2.75, 3.05) is 0 Å². The maximum atomic E-state index is 6.04. The molecule has 2 aromatic rings. The van der Waals surface area contributed by atoms with E-state index >= 15 is 0 Å². The second-order valence-electron chi connectivity index (χ2n) is 3.92. The van der Waals surface area contributed by atoms with E-state index < -0.39 is 0 Å². The van der Waals surface area contributed by atoms with Gasteiger partial charge in [0.2, 0.25) is 5.89 Å². The molecule has 90 valence electrons. The van der Waals surface area contributed by atoms with Crippen LogP contribution in [0.25, 0.3) is 0 Å². The molecule has 0 saturated carbocycles. The summed E-state index contributed by atoms with van der Waals surface area (Å²) in [6.45, 7) is 5.07. The van der Waals surface area contributed by atoms with Crippen molar-refractivity contribution in [2.24, 2.45) is 0 Å². The summed E-state index contributed by atoms with van der Waals surface area (Å²) in [6, 6.07) is 6.02. The van der Waals surface area contributed by atoms with Crippen molar-refractivity contribution >= 4 is 11.6 Å². The van der Waals surface area contributed by atoms with Crippen molar-refractivity contribution < 1.29 is 4.52 Å². The van der Waals surface area contributed by atoms with Crippen LogP contribution in [0.15, 0.2) is 22.7 Å². The fraction of sp³-hybridized carbons (Fsp3) is 0.333. The van der Waals surface area contributed by atoms with Gasteiger partial charge in [-0.3, -0.25) is 0 Å². The molecule has 5 heteroatoms. The van der Waals surface area contributed by atoms with Crippen molar-refractivity contribution in [1.29, 1.82) is 0 Å². The second kappa shape index (κ2) is 5.29. The summed E-state index contributed by atoms with van der Waals surface area (Å²) < 4.78 is 5.00. The Morgan fingerprint density at radius 3 is 2.76 bits per heavy atom. The van der Waals surface area contributed by atoms with E-state index in [1.807, 2.05) is 25.1 Å². The van der Waals surface area contributed by atoms with Gasteiger partial charge in [0.15, 0.2) is 5.82 Å². The van der Waals surface area contributed by atoms with E-state index in [4.69, 9.17) is 16.1 Å². The Labute approximate surface area is 105 Å². The van der Waals surface area contributed by atoms with Crippen LogP contribution >= 0.6 is 11.6 Å². The number of benzene rings is 1. The summed E-state index contributed by atoms with van der Waals surface area (Å²) in [5.74, 6) is 1.25. The third kappa shape index (κ3) is 3.28. The summed E-state index contributed by atoms with van der Waals surface area (Å²) >= 11 is 6.04. The summed E-state index contributed by atoms with van der Waals surface area (Å²) in [5.41, 5.74) is 2.22. The zero-order valence-electron chi connectivity index (χ0n) is 9.83. The quantitative estimate of drug-likeness (QED) is 0.908. The Balaban J connectivity index is 1.87. The third-order valence-corrected chi connectivity index (χ3v) is 2.82. The Morgan fingerprint density at radius 1 is 1.29 bits per heavy atom. The van der Waals surface area contributed by atoms with Gasteiger partial charge in [-0.25, -0.2) is 0 Å². The molecule has 4 nitrogen and oxygen atoms in total. The standard InChI is InChI=1S/C12H14ClN3O/c1-8-3-4-10(5-11(8)13)6-14-7-12-15-9(2)16-17-12/h3-5,14H,6-7H2,1-2H3. The molecule has 0 atom stereocenters.